The Kier molecular flexibility index (Phi) is 2.19. The van der Waals surface area contributed by atoms with E-state index in [0.717, 1.165) is 11.1 Å². The normalized spacial score (nSPS) is 10.3. The van der Waals surface area contributed by atoms with Crippen molar-refractivity contribution < 1.29 is 4.39 Å². The first kappa shape index (κ1) is 8.54. The summed E-state index contributed by atoms with van der Waals surface area (Å²) in [5, 5.41) is 0.252. The molecule has 0 saturated heterocycles. The third-order valence-corrected chi connectivity index (χ3v) is 2.34. The van der Waals surface area contributed by atoms with Crippen LogP contribution in [0.15, 0.2) is 6.07 Å². The zero-order valence-corrected chi connectivity index (χ0v) is 7.59. The van der Waals surface area contributed by atoms with Crippen molar-refractivity contribution in [3.63, 3.8) is 0 Å². The van der Waals surface area contributed by atoms with Crippen molar-refractivity contribution in [2.45, 2.75) is 20.8 Å². The van der Waals surface area contributed by atoms with Crippen LogP contribution in [0.5, 0.6) is 0 Å². The molecule has 0 aliphatic heterocycles. The van der Waals surface area contributed by atoms with Gasteiger partial charge in [-0.3, -0.25) is 0 Å². The Balaban J connectivity index is 3.46. The van der Waals surface area contributed by atoms with E-state index in [1.165, 1.54) is 0 Å². The van der Waals surface area contributed by atoms with Crippen molar-refractivity contribution in [1.82, 2.24) is 0 Å². The summed E-state index contributed by atoms with van der Waals surface area (Å²) in [5.41, 5.74) is 2.47. The lowest BCUT2D eigenvalue weighted by Gasteiger charge is -2.05. The average Bonchev–Trinajstić information content (AvgIpc) is 1.97. The molecule has 0 aliphatic rings. The molecule has 0 atom stereocenters. The molecule has 0 saturated carbocycles. The smallest absolute Gasteiger partial charge is 0.144 e. The van der Waals surface area contributed by atoms with E-state index < -0.39 is 0 Å². The van der Waals surface area contributed by atoms with Gasteiger partial charge in [-0.1, -0.05) is 17.7 Å². The molecule has 0 unspecified atom stereocenters. The number of halogens is 2. The number of benzene rings is 1. The molecule has 11 heavy (non-hydrogen) atoms. The molecule has 1 aromatic rings. The van der Waals surface area contributed by atoms with E-state index in [1.807, 2.05) is 13.8 Å². The molecule has 0 aromatic heterocycles. The van der Waals surface area contributed by atoms with Crippen LogP contribution < -0.4 is 0 Å². The Morgan fingerprint density at radius 2 is 1.73 bits per heavy atom. The fourth-order valence-electron chi connectivity index (χ4n) is 1.01. The van der Waals surface area contributed by atoms with Crippen molar-refractivity contribution in [2.24, 2.45) is 0 Å². The Bertz CT molecular complexity index is 266. The molecule has 1 rings (SSSR count). The van der Waals surface area contributed by atoms with Gasteiger partial charge < -0.3 is 0 Å². The number of rotatable bonds is 0. The van der Waals surface area contributed by atoms with Crippen LogP contribution >= 0.6 is 11.6 Å². The lowest BCUT2D eigenvalue weighted by Crippen LogP contribution is -1.90. The molecule has 0 bridgehead atoms. The predicted octanol–water partition coefficient (Wildman–Crippen LogP) is 3.40. The minimum absolute atomic E-state index is 0.252. The molecule has 0 radical (unpaired) electrons. The SMILES string of the molecule is Cc1cc(C)c(F)c(Cl)c1C. The Morgan fingerprint density at radius 3 is 2.27 bits per heavy atom. The molecule has 2 heteroatoms. The predicted molar refractivity (Wildman–Crippen MR) is 45.6 cm³/mol. The lowest BCUT2D eigenvalue weighted by atomic mass is 10.1. The van der Waals surface area contributed by atoms with Gasteiger partial charge in [0, 0.05) is 0 Å². The van der Waals surface area contributed by atoms with Crippen LogP contribution in [-0.4, -0.2) is 0 Å². The van der Waals surface area contributed by atoms with Gasteiger partial charge in [-0.05, 0) is 37.5 Å². The minimum Gasteiger partial charge on any atom is -0.205 e. The van der Waals surface area contributed by atoms with Gasteiger partial charge >= 0.3 is 0 Å². The topological polar surface area (TPSA) is 0 Å². The molecule has 60 valence electrons. The highest BCUT2D eigenvalue weighted by Crippen LogP contribution is 2.24. The first-order chi connectivity index (χ1) is 5.04. The molecule has 0 aliphatic carbocycles. The molecule has 0 amide bonds. The van der Waals surface area contributed by atoms with Crippen LogP contribution in [0.1, 0.15) is 16.7 Å². The van der Waals surface area contributed by atoms with Gasteiger partial charge in [-0.2, -0.15) is 0 Å². The van der Waals surface area contributed by atoms with Gasteiger partial charge in [0.05, 0.1) is 5.02 Å². The molecule has 0 spiro atoms. The van der Waals surface area contributed by atoms with E-state index in [9.17, 15) is 4.39 Å². The van der Waals surface area contributed by atoms with Gasteiger partial charge in [-0.15, -0.1) is 0 Å². The van der Waals surface area contributed by atoms with Crippen molar-refractivity contribution >= 4 is 11.6 Å². The number of hydrogen-bond acceptors (Lipinski definition) is 0. The fraction of sp³-hybridized carbons (Fsp3) is 0.333. The van der Waals surface area contributed by atoms with Gasteiger partial charge in [0.1, 0.15) is 5.82 Å². The summed E-state index contributed by atoms with van der Waals surface area (Å²) >= 11 is 5.71. The zero-order valence-electron chi connectivity index (χ0n) is 6.83. The molecule has 1 aromatic carbocycles. The summed E-state index contributed by atoms with van der Waals surface area (Å²) in [7, 11) is 0. The van der Waals surface area contributed by atoms with E-state index in [0.29, 0.717) is 5.56 Å². The maximum absolute atomic E-state index is 13.0. The zero-order chi connectivity index (χ0) is 8.59. The lowest BCUT2D eigenvalue weighted by molar-refractivity contribution is 0.617. The van der Waals surface area contributed by atoms with Crippen LogP contribution in [-0.2, 0) is 0 Å². The van der Waals surface area contributed by atoms with E-state index in [2.05, 4.69) is 0 Å². The van der Waals surface area contributed by atoms with Gasteiger partial charge in [0.2, 0.25) is 0 Å². The standard InChI is InChI=1S/C9H10ClF/c1-5-4-6(2)9(11)8(10)7(5)3/h4H,1-3H3. The average molecular weight is 173 g/mol. The van der Waals surface area contributed by atoms with E-state index >= 15 is 0 Å². The minimum atomic E-state index is -0.297. The summed E-state index contributed by atoms with van der Waals surface area (Å²) in [4.78, 5) is 0. The second-order valence-electron chi connectivity index (χ2n) is 2.76. The Hall–Kier alpha value is -0.560. The molecule has 0 fully saturated rings. The summed E-state index contributed by atoms with van der Waals surface area (Å²) in [6.07, 6.45) is 0. The molecule has 0 nitrogen and oxygen atoms in total. The maximum Gasteiger partial charge on any atom is 0.144 e. The van der Waals surface area contributed by atoms with Crippen LogP contribution in [0.3, 0.4) is 0 Å². The second-order valence-corrected chi connectivity index (χ2v) is 3.14. The third-order valence-electron chi connectivity index (χ3n) is 1.89. The summed E-state index contributed by atoms with van der Waals surface area (Å²) < 4.78 is 13.0. The fourth-order valence-corrected chi connectivity index (χ4v) is 1.31. The molecular formula is C9H10ClF. The van der Waals surface area contributed by atoms with Gasteiger partial charge in [0.25, 0.3) is 0 Å². The number of aryl methyl sites for hydroxylation is 2. The Morgan fingerprint density at radius 1 is 1.18 bits per heavy atom. The van der Waals surface area contributed by atoms with Crippen LogP contribution in [0.25, 0.3) is 0 Å². The van der Waals surface area contributed by atoms with E-state index in [1.54, 1.807) is 13.0 Å². The first-order valence-corrected chi connectivity index (χ1v) is 3.83. The van der Waals surface area contributed by atoms with E-state index in [4.69, 9.17) is 11.6 Å². The monoisotopic (exact) mass is 172 g/mol. The van der Waals surface area contributed by atoms with Crippen LogP contribution in [0.4, 0.5) is 4.39 Å². The number of hydrogen-bond donors (Lipinski definition) is 0. The molecular weight excluding hydrogens is 163 g/mol. The van der Waals surface area contributed by atoms with Crippen molar-refractivity contribution in [2.75, 3.05) is 0 Å². The van der Waals surface area contributed by atoms with Crippen molar-refractivity contribution in [1.29, 1.82) is 0 Å². The summed E-state index contributed by atoms with van der Waals surface area (Å²) in [5.74, 6) is -0.297. The second kappa shape index (κ2) is 2.82. The summed E-state index contributed by atoms with van der Waals surface area (Å²) in [6, 6.07) is 1.80. The van der Waals surface area contributed by atoms with E-state index in [-0.39, 0.29) is 10.8 Å². The highest BCUT2D eigenvalue weighted by atomic mass is 35.5. The highest BCUT2D eigenvalue weighted by molar-refractivity contribution is 6.31. The van der Waals surface area contributed by atoms with Gasteiger partial charge in [-0.25, -0.2) is 4.39 Å². The van der Waals surface area contributed by atoms with Crippen LogP contribution in [0, 0.1) is 26.6 Å². The highest BCUT2D eigenvalue weighted by Gasteiger charge is 2.07. The largest absolute Gasteiger partial charge is 0.205 e. The molecule has 0 N–H and O–H groups in total. The van der Waals surface area contributed by atoms with Crippen LogP contribution in [0.2, 0.25) is 5.02 Å². The third kappa shape index (κ3) is 1.38. The Labute approximate surface area is 71.0 Å². The summed E-state index contributed by atoms with van der Waals surface area (Å²) in [6.45, 7) is 5.46. The van der Waals surface area contributed by atoms with Crippen molar-refractivity contribution in [3.05, 3.63) is 33.6 Å². The van der Waals surface area contributed by atoms with Crippen molar-refractivity contribution in [3.8, 4) is 0 Å². The van der Waals surface area contributed by atoms with Gasteiger partial charge in [0.15, 0.2) is 0 Å². The first-order valence-electron chi connectivity index (χ1n) is 3.46. The quantitative estimate of drug-likeness (QED) is 0.563. The molecule has 0 heterocycles. The maximum atomic E-state index is 13.0.